The molecule has 0 spiro atoms. The fourth-order valence-corrected chi connectivity index (χ4v) is 1.54. The molecule has 5 heteroatoms. The van der Waals surface area contributed by atoms with Crippen molar-refractivity contribution in [2.24, 2.45) is 5.73 Å². The van der Waals surface area contributed by atoms with Crippen molar-refractivity contribution < 1.29 is 9.90 Å². The zero-order valence-corrected chi connectivity index (χ0v) is 9.94. The van der Waals surface area contributed by atoms with Gasteiger partial charge in [0, 0.05) is 12.1 Å². The van der Waals surface area contributed by atoms with Crippen LogP contribution in [0.5, 0.6) is 0 Å². The molecule has 0 aliphatic rings. The average Bonchev–Trinajstić information content (AvgIpc) is 2.27. The molecule has 0 aromatic heterocycles. The van der Waals surface area contributed by atoms with E-state index in [1.165, 1.54) is 6.07 Å². The van der Waals surface area contributed by atoms with Gasteiger partial charge < -0.3 is 21.9 Å². The molecule has 0 fully saturated rings. The Morgan fingerprint density at radius 1 is 1.53 bits per heavy atom. The van der Waals surface area contributed by atoms with Crippen molar-refractivity contribution in [2.45, 2.75) is 25.9 Å². The van der Waals surface area contributed by atoms with Gasteiger partial charge in [-0.1, -0.05) is 13.3 Å². The standard InChI is InChI=1S/C12H19N3O2/c1-2-3-9(16)7-15-11-5-4-8(12(14)17)6-10(11)13/h4-6,9,15-16H,2-3,7,13H2,1H3,(H2,14,17). The molecular weight excluding hydrogens is 218 g/mol. The lowest BCUT2D eigenvalue weighted by molar-refractivity contribution is 0.100. The predicted molar refractivity (Wildman–Crippen MR) is 68.8 cm³/mol. The van der Waals surface area contributed by atoms with Crippen LogP contribution in [0.1, 0.15) is 30.1 Å². The number of hydrogen-bond donors (Lipinski definition) is 4. The number of amides is 1. The highest BCUT2D eigenvalue weighted by Gasteiger charge is 2.06. The first-order valence-electron chi connectivity index (χ1n) is 5.65. The van der Waals surface area contributed by atoms with Crippen molar-refractivity contribution in [3.05, 3.63) is 23.8 Å². The number of anilines is 2. The Hall–Kier alpha value is -1.75. The van der Waals surface area contributed by atoms with Gasteiger partial charge in [-0.05, 0) is 24.6 Å². The molecule has 1 aromatic rings. The smallest absolute Gasteiger partial charge is 0.248 e. The van der Waals surface area contributed by atoms with Gasteiger partial charge in [0.25, 0.3) is 0 Å². The first kappa shape index (κ1) is 13.3. The summed E-state index contributed by atoms with van der Waals surface area (Å²) in [7, 11) is 0. The van der Waals surface area contributed by atoms with E-state index in [4.69, 9.17) is 11.5 Å². The van der Waals surface area contributed by atoms with Gasteiger partial charge in [0.2, 0.25) is 5.91 Å². The van der Waals surface area contributed by atoms with Gasteiger partial charge >= 0.3 is 0 Å². The monoisotopic (exact) mass is 237 g/mol. The lowest BCUT2D eigenvalue weighted by atomic mass is 10.1. The Morgan fingerprint density at radius 3 is 2.76 bits per heavy atom. The summed E-state index contributed by atoms with van der Waals surface area (Å²) in [5, 5.41) is 12.6. The van der Waals surface area contributed by atoms with E-state index in [9.17, 15) is 9.90 Å². The Morgan fingerprint density at radius 2 is 2.24 bits per heavy atom. The second-order valence-corrected chi connectivity index (χ2v) is 3.99. The van der Waals surface area contributed by atoms with Gasteiger partial charge in [0.15, 0.2) is 0 Å². The quantitative estimate of drug-likeness (QED) is 0.553. The van der Waals surface area contributed by atoms with Gasteiger partial charge in [-0.2, -0.15) is 0 Å². The van der Waals surface area contributed by atoms with Gasteiger partial charge in [-0.3, -0.25) is 4.79 Å². The molecule has 1 amide bonds. The zero-order chi connectivity index (χ0) is 12.8. The summed E-state index contributed by atoms with van der Waals surface area (Å²) in [6.45, 7) is 2.45. The van der Waals surface area contributed by atoms with Crippen LogP contribution in [0.3, 0.4) is 0 Å². The van der Waals surface area contributed by atoms with Crippen LogP contribution in [-0.4, -0.2) is 23.7 Å². The van der Waals surface area contributed by atoms with Crippen molar-refractivity contribution in [3.8, 4) is 0 Å². The molecule has 0 heterocycles. The minimum Gasteiger partial charge on any atom is -0.397 e. The van der Waals surface area contributed by atoms with Crippen LogP contribution in [-0.2, 0) is 0 Å². The van der Waals surface area contributed by atoms with E-state index >= 15 is 0 Å². The van der Waals surface area contributed by atoms with Gasteiger partial charge in [-0.25, -0.2) is 0 Å². The van der Waals surface area contributed by atoms with Crippen molar-refractivity contribution >= 4 is 17.3 Å². The summed E-state index contributed by atoms with van der Waals surface area (Å²) in [5.74, 6) is -0.505. The van der Waals surface area contributed by atoms with Gasteiger partial charge in [0.05, 0.1) is 17.5 Å². The van der Waals surface area contributed by atoms with Crippen LogP contribution in [0.2, 0.25) is 0 Å². The summed E-state index contributed by atoms with van der Waals surface area (Å²) in [4.78, 5) is 10.9. The molecular formula is C12H19N3O2. The van der Waals surface area contributed by atoms with Crippen LogP contribution in [0.4, 0.5) is 11.4 Å². The molecule has 17 heavy (non-hydrogen) atoms. The van der Waals surface area contributed by atoms with Crippen molar-refractivity contribution in [2.75, 3.05) is 17.6 Å². The molecule has 0 aliphatic carbocycles. The van der Waals surface area contributed by atoms with Crippen LogP contribution in [0.25, 0.3) is 0 Å². The Kier molecular flexibility index (Phi) is 4.78. The first-order chi connectivity index (χ1) is 8.04. The number of aliphatic hydroxyl groups excluding tert-OH is 1. The topological polar surface area (TPSA) is 101 Å². The maximum absolute atomic E-state index is 10.9. The summed E-state index contributed by atoms with van der Waals surface area (Å²) in [5.41, 5.74) is 12.4. The van der Waals surface area contributed by atoms with E-state index < -0.39 is 12.0 Å². The summed E-state index contributed by atoms with van der Waals surface area (Å²) in [6, 6.07) is 4.82. The second-order valence-electron chi connectivity index (χ2n) is 3.99. The molecule has 1 aromatic carbocycles. The molecule has 6 N–H and O–H groups in total. The molecule has 0 saturated carbocycles. The Labute approximate surface area is 101 Å². The number of carbonyl (C=O) groups excluding carboxylic acids is 1. The molecule has 1 unspecified atom stereocenters. The number of nitrogens with two attached hydrogens (primary N) is 2. The maximum atomic E-state index is 10.9. The molecule has 5 nitrogen and oxygen atoms in total. The highest BCUT2D eigenvalue weighted by Crippen LogP contribution is 2.19. The molecule has 1 atom stereocenters. The molecule has 94 valence electrons. The van der Waals surface area contributed by atoms with E-state index in [0.717, 1.165) is 12.8 Å². The summed E-state index contributed by atoms with van der Waals surface area (Å²) in [6.07, 6.45) is 1.28. The molecule has 1 rings (SSSR count). The highest BCUT2D eigenvalue weighted by molar-refractivity contribution is 5.94. The number of nitrogen functional groups attached to an aromatic ring is 1. The fraction of sp³-hybridized carbons (Fsp3) is 0.417. The largest absolute Gasteiger partial charge is 0.397 e. The van der Waals surface area contributed by atoms with Crippen LogP contribution < -0.4 is 16.8 Å². The number of rotatable bonds is 6. The number of aliphatic hydroxyl groups is 1. The Balaban J connectivity index is 2.63. The lowest BCUT2D eigenvalue weighted by Crippen LogP contribution is -2.20. The third-order valence-corrected chi connectivity index (χ3v) is 2.49. The van der Waals surface area contributed by atoms with E-state index in [2.05, 4.69) is 5.32 Å². The number of primary amides is 1. The number of hydrogen-bond acceptors (Lipinski definition) is 4. The normalized spacial score (nSPS) is 12.1. The number of benzene rings is 1. The van der Waals surface area contributed by atoms with Gasteiger partial charge in [-0.15, -0.1) is 0 Å². The lowest BCUT2D eigenvalue weighted by Gasteiger charge is -2.13. The van der Waals surface area contributed by atoms with Crippen LogP contribution in [0.15, 0.2) is 18.2 Å². The van der Waals surface area contributed by atoms with Crippen molar-refractivity contribution in [1.82, 2.24) is 0 Å². The number of nitrogens with one attached hydrogen (secondary N) is 1. The molecule has 0 aliphatic heterocycles. The fourth-order valence-electron chi connectivity index (χ4n) is 1.54. The van der Waals surface area contributed by atoms with Crippen LogP contribution >= 0.6 is 0 Å². The van der Waals surface area contributed by atoms with Crippen molar-refractivity contribution in [1.29, 1.82) is 0 Å². The minimum atomic E-state index is -0.505. The second kappa shape index (κ2) is 6.10. The predicted octanol–water partition coefficient (Wildman–Crippen LogP) is 0.941. The zero-order valence-electron chi connectivity index (χ0n) is 9.94. The molecule has 0 bridgehead atoms. The molecule has 0 saturated heterocycles. The van der Waals surface area contributed by atoms with Gasteiger partial charge in [0.1, 0.15) is 0 Å². The third-order valence-electron chi connectivity index (χ3n) is 2.49. The average molecular weight is 237 g/mol. The van der Waals surface area contributed by atoms with E-state index in [-0.39, 0.29) is 0 Å². The summed E-state index contributed by atoms with van der Waals surface area (Å²) < 4.78 is 0. The van der Waals surface area contributed by atoms with E-state index in [0.29, 0.717) is 23.5 Å². The van der Waals surface area contributed by atoms with Crippen LogP contribution in [0, 0.1) is 0 Å². The number of carbonyl (C=O) groups is 1. The van der Waals surface area contributed by atoms with Crippen molar-refractivity contribution in [3.63, 3.8) is 0 Å². The van der Waals surface area contributed by atoms with E-state index in [1.54, 1.807) is 12.1 Å². The molecule has 0 radical (unpaired) electrons. The maximum Gasteiger partial charge on any atom is 0.248 e. The van der Waals surface area contributed by atoms with E-state index in [1.807, 2.05) is 6.92 Å². The SMILES string of the molecule is CCCC(O)CNc1ccc(C(N)=O)cc1N. The minimum absolute atomic E-state index is 0.377. The summed E-state index contributed by atoms with van der Waals surface area (Å²) >= 11 is 0. The first-order valence-corrected chi connectivity index (χ1v) is 5.65. The highest BCUT2D eigenvalue weighted by atomic mass is 16.3. The third kappa shape index (κ3) is 3.96. The Bertz CT molecular complexity index is 393.